The molecule has 0 spiro atoms. The van der Waals surface area contributed by atoms with Gasteiger partial charge in [0, 0.05) is 5.25 Å². The van der Waals surface area contributed by atoms with Gasteiger partial charge >= 0.3 is 0 Å². The fourth-order valence-electron chi connectivity index (χ4n) is 2.60. The van der Waals surface area contributed by atoms with Gasteiger partial charge in [-0.25, -0.2) is 4.68 Å². The lowest BCUT2D eigenvalue weighted by Gasteiger charge is -2.18. The van der Waals surface area contributed by atoms with E-state index in [1.54, 1.807) is 0 Å². The third-order valence-corrected chi connectivity index (χ3v) is 4.87. The molecule has 19 heavy (non-hydrogen) atoms. The fraction of sp³-hybridized carbons (Fsp3) is 0.923. The van der Waals surface area contributed by atoms with Gasteiger partial charge in [-0.2, -0.15) is 11.8 Å². The number of tetrazole rings is 1. The minimum absolute atomic E-state index is 0.214. The van der Waals surface area contributed by atoms with E-state index in [1.807, 2.05) is 16.4 Å². The molecule has 6 heteroatoms. The quantitative estimate of drug-likeness (QED) is 0.869. The zero-order valence-corrected chi connectivity index (χ0v) is 13.2. The van der Waals surface area contributed by atoms with Crippen LogP contribution in [0.25, 0.3) is 0 Å². The van der Waals surface area contributed by atoms with Crippen LogP contribution in [0.4, 0.5) is 0 Å². The molecular formula is C13H25N5S. The summed E-state index contributed by atoms with van der Waals surface area (Å²) in [5, 5.41) is 16.6. The van der Waals surface area contributed by atoms with Gasteiger partial charge in [0.25, 0.3) is 0 Å². The van der Waals surface area contributed by atoms with E-state index < -0.39 is 0 Å². The van der Waals surface area contributed by atoms with Crippen molar-refractivity contribution >= 4 is 11.8 Å². The highest BCUT2D eigenvalue weighted by Crippen LogP contribution is 2.36. The Morgan fingerprint density at radius 3 is 2.79 bits per heavy atom. The zero-order valence-electron chi connectivity index (χ0n) is 12.3. The summed E-state index contributed by atoms with van der Waals surface area (Å²) in [5.74, 6) is 1.62. The minimum atomic E-state index is 0.214. The SMILES string of the molecule is CSC1CCC(n2nnnc2C(C)NCC(C)C)C1. The predicted octanol–water partition coefficient (Wildman–Crippen LogP) is 2.44. The van der Waals surface area contributed by atoms with Crippen LogP contribution in [0.3, 0.4) is 0 Å². The van der Waals surface area contributed by atoms with Gasteiger partial charge in [-0.1, -0.05) is 13.8 Å². The van der Waals surface area contributed by atoms with Crippen molar-refractivity contribution in [1.29, 1.82) is 0 Å². The van der Waals surface area contributed by atoms with E-state index in [0.29, 0.717) is 12.0 Å². The summed E-state index contributed by atoms with van der Waals surface area (Å²) >= 11 is 1.96. The maximum atomic E-state index is 4.22. The molecule has 1 saturated carbocycles. The largest absolute Gasteiger partial charge is 0.307 e. The Labute approximate surface area is 119 Å². The van der Waals surface area contributed by atoms with Gasteiger partial charge < -0.3 is 5.32 Å². The average Bonchev–Trinajstić information content (AvgIpc) is 3.03. The monoisotopic (exact) mass is 283 g/mol. The van der Waals surface area contributed by atoms with Crippen molar-refractivity contribution in [3.05, 3.63) is 5.82 Å². The lowest BCUT2D eigenvalue weighted by Crippen LogP contribution is -2.27. The number of aromatic nitrogens is 4. The molecule has 5 nitrogen and oxygen atoms in total. The summed E-state index contributed by atoms with van der Waals surface area (Å²) in [5.41, 5.74) is 0. The average molecular weight is 283 g/mol. The molecule has 2 rings (SSSR count). The first-order valence-electron chi connectivity index (χ1n) is 7.15. The van der Waals surface area contributed by atoms with E-state index >= 15 is 0 Å². The van der Waals surface area contributed by atoms with E-state index in [0.717, 1.165) is 17.6 Å². The van der Waals surface area contributed by atoms with Gasteiger partial charge in [0.15, 0.2) is 5.82 Å². The molecule has 1 N–H and O–H groups in total. The van der Waals surface area contributed by atoms with Gasteiger partial charge in [-0.3, -0.25) is 0 Å². The fourth-order valence-corrected chi connectivity index (χ4v) is 3.39. The Bertz CT molecular complexity index is 392. The first kappa shape index (κ1) is 14.8. The molecule has 108 valence electrons. The second kappa shape index (κ2) is 6.70. The molecule has 3 atom stereocenters. The molecule has 0 radical (unpaired) electrons. The highest BCUT2D eigenvalue weighted by Gasteiger charge is 2.29. The molecule has 0 aromatic carbocycles. The predicted molar refractivity (Wildman–Crippen MR) is 79.3 cm³/mol. The van der Waals surface area contributed by atoms with E-state index in [1.165, 1.54) is 19.3 Å². The Morgan fingerprint density at radius 1 is 1.37 bits per heavy atom. The lowest BCUT2D eigenvalue weighted by atomic mass is 10.2. The molecule has 1 fully saturated rings. The van der Waals surface area contributed by atoms with E-state index in [4.69, 9.17) is 0 Å². The number of nitrogens with one attached hydrogen (secondary N) is 1. The van der Waals surface area contributed by atoms with Gasteiger partial charge in [-0.05, 0) is 55.3 Å². The Hall–Kier alpha value is -0.620. The van der Waals surface area contributed by atoms with Gasteiger partial charge in [0.2, 0.25) is 0 Å². The van der Waals surface area contributed by atoms with Gasteiger partial charge in [0.1, 0.15) is 0 Å². The van der Waals surface area contributed by atoms with Crippen molar-refractivity contribution < 1.29 is 0 Å². The van der Waals surface area contributed by atoms with Crippen LogP contribution < -0.4 is 5.32 Å². The maximum Gasteiger partial charge on any atom is 0.168 e. The van der Waals surface area contributed by atoms with Gasteiger partial charge in [-0.15, -0.1) is 5.10 Å². The van der Waals surface area contributed by atoms with Crippen molar-refractivity contribution in [2.75, 3.05) is 12.8 Å². The smallest absolute Gasteiger partial charge is 0.168 e. The molecule has 0 bridgehead atoms. The summed E-state index contributed by atoms with van der Waals surface area (Å²) in [6.07, 6.45) is 5.86. The molecule has 0 aliphatic heterocycles. The standard InChI is InChI=1S/C13H25N5S/c1-9(2)8-14-10(3)13-15-16-17-18(13)11-5-6-12(7-11)19-4/h9-12,14H,5-8H2,1-4H3. The van der Waals surface area contributed by atoms with E-state index in [-0.39, 0.29) is 6.04 Å². The van der Waals surface area contributed by atoms with Crippen LogP contribution in [-0.4, -0.2) is 38.3 Å². The van der Waals surface area contributed by atoms with Crippen molar-refractivity contribution in [1.82, 2.24) is 25.5 Å². The number of hydrogen-bond acceptors (Lipinski definition) is 5. The van der Waals surface area contributed by atoms with Crippen LogP contribution in [0.5, 0.6) is 0 Å². The first-order chi connectivity index (χ1) is 9.11. The maximum absolute atomic E-state index is 4.22. The van der Waals surface area contributed by atoms with Crippen LogP contribution >= 0.6 is 11.8 Å². The number of nitrogens with zero attached hydrogens (tertiary/aromatic N) is 4. The lowest BCUT2D eigenvalue weighted by molar-refractivity contribution is 0.402. The summed E-state index contributed by atoms with van der Waals surface area (Å²) in [7, 11) is 0. The van der Waals surface area contributed by atoms with Crippen LogP contribution in [0, 0.1) is 5.92 Å². The van der Waals surface area contributed by atoms with E-state index in [9.17, 15) is 0 Å². The van der Waals surface area contributed by atoms with Crippen molar-refractivity contribution in [2.45, 2.75) is 57.4 Å². The molecule has 0 saturated heterocycles. The summed E-state index contributed by atoms with van der Waals surface area (Å²) < 4.78 is 2.05. The minimum Gasteiger partial charge on any atom is -0.307 e. The highest BCUT2D eigenvalue weighted by molar-refractivity contribution is 7.99. The first-order valence-corrected chi connectivity index (χ1v) is 8.44. The summed E-state index contributed by atoms with van der Waals surface area (Å²) in [6.45, 7) is 7.56. The van der Waals surface area contributed by atoms with Crippen LogP contribution in [-0.2, 0) is 0 Å². The van der Waals surface area contributed by atoms with Crippen LogP contribution in [0.15, 0.2) is 0 Å². The van der Waals surface area contributed by atoms with Crippen LogP contribution in [0.2, 0.25) is 0 Å². The Morgan fingerprint density at radius 2 is 2.16 bits per heavy atom. The molecule has 1 aliphatic carbocycles. The van der Waals surface area contributed by atoms with Crippen molar-refractivity contribution in [2.24, 2.45) is 5.92 Å². The third kappa shape index (κ3) is 3.69. The topological polar surface area (TPSA) is 55.6 Å². The second-order valence-corrected chi connectivity index (χ2v) is 6.97. The highest BCUT2D eigenvalue weighted by atomic mass is 32.2. The Kier molecular flexibility index (Phi) is 5.21. The third-order valence-electron chi connectivity index (χ3n) is 3.77. The normalized spacial score (nSPS) is 25.1. The molecule has 0 amide bonds. The molecular weight excluding hydrogens is 258 g/mol. The summed E-state index contributed by atoms with van der Waals surface area (Å²) in [6, 6.07) is 0.691. The molecule has 1 heterocycles. The number of rotatable bonds is 6. The van der Waals surface area contributed by atoms with Crippen LogP contribution in [0.1, 0.15) is 57.9 Å². The molecule has 1 aliphatic rings. The second-order valence-electron chi connectivity index (χ2n) is 5.83. The molecule has 1 aromatic heterocycles. The molecule has 1 aromatic rings. The number of thioether (sulfide) groups is 1. The van der Waals surface area contributed by atoms with E-state index in [2.05, 4.69) is 47.9 Å². The summed E-state index contributed by atoms with van der Waals surface area (Å²) in [4.78, 5) is 0. The van der Waals surface area contributed by atoms with Gasteiger partial charge in [0.05, 0.1) is 12.1 Å². The molecule has 3 unspecified atom stereocenters. The van der Waals surface area contributed by atoms with Crippen molar-refractivity contribution in [3.63, 3.8) is 0 Å². The zero-order chi connectivity index (χ0) is 13.8. The van der Waals surface area contributed by atoms with Crippen molar-refractivity contribution in [3.8, 4) is 0 Å². The number of hydrogen-bond donors (Lipinski definition) is 1. The Balaban J connectivity index is 2.01.